The summed E-state index contributed by atoms with van der Waals surface area (Å²) in [4.78, 5) is 24.4. The molecule has 6 nitrogen and oxygen atoms in total. The van der Waals surface area contributed by atoms with E-state index in [1.54, 1.807) is 4.57 Å². The number of carbonyl (C=O) groups excluding carboxylic acids is 1. The van der Waals surface area contributed by atoms with Gasteiger partial charge in [0.15, 0.2) is 5.16 Å². The number of hydrogen-bond acceptors (Lipinski definition) is 4. The predicted molar refractivity (Wildman–Crippen MR) is 111 cm³/mol. The van der Waals surface area contributed by atoms with Crippen molar-refractivity contribution in [3.8, 4) is 0 Å². The van der Waals surface area contributed by atoms with Crippen molar-refractivity contribution in [2.75, 3.05) is 5.75 Å². The molecule has 1 atom stereocenters. The third-order valence-electron chi connectivity index (χ3n) is 4.32. The minimum atomic E-state index is -0.240. The van der Waals surface area contributed by atoms with Crippen molar-refractivity contribution in [2.24, 2.45) is 0 Å². The Bertz CT molecular complexity index is 938. The topological polar surface area (TPSA) is 79.8 Å². The van der Waals surface area contributed by atoms with Crippen LogP contribution in [0.3, 0.4) is 0 Å². The lowest BCUT2D eigenvalue weighted by Crippen LogP contribution is -2.31. The number of aromatic amines is 1. The van der Waals surface area contributed by atoms with Gasteiger partial charge in [-0.1, -0.05) is 79.3 Å². The first kappa shape index (κ1) is 19.9. The number of hydrogen-bond donors (Lipinski definition) is 2. The number of aromatic nitrogens is 3. The summed E-state index contributed by atoms with van der Waals surface area (Å²) < 4.78 is 1.57. The molecule has 1 heterocycles. The Balaban J connectivity index is 1.67. The van der Waals surface area contributed by atoms with Gasteiger partial charge in [-0.3, -0.25) is 9.36 Å². The Morgan fingerprint density at radius 2 is 1.82 bits per heavy atom. The smallest absolute Gasteiger partial charge is 0.343 e. The average Bonchev–Trinajstić information content (AvgIpc) is 3.07. The Morgan fingerprint density at radius 3 is 2.50 bits per heavy atom. The first-order valence-corrected chi connectivity index (χ1v) is 10.3. The molecule has 0 aliphatic rings. The van der Waals surface area contributed by atoms with Crippen molar-refractivity contribution < 1.29 is 4.79 Å². The summed E-state index contributed by atoms with van der Waals surface area (Å²) in [6.07, 6.45) is 1.54. The van der Waals surface area contributed by atoms with Gasteiger partial charge < -0.3 is 5.32 Å². The molecule has 3 rings (SSSR count). The van der Waals surface area contributed by atoms with E-state index in [4.69, 9.17) is 0 Å². The third-order valence-corrected chi connectivity index (χ3v) is 5.30. The molecule has 2 aromatic carbocycles. The first-order valence-electron chi connectivity index (χ1n) is 9.33. The van der Waals surface area contributed by atoms with E-state index in [2.05, 4.69) is 27.6 Å². The molecule has 2 N–H and O–H groups in total. The molecule has 28 heavy (non-hydrogen) atoms. The monoisotopic (exact) mass is 396 g/mol. The van der Waals surface area contributed by atoms with E-state index in [0.29, 0.717) is 18.1 Å². The second-order valence-electron chi connectivity index (χ2n) is 6.47. The number of thioether (sulfide) groups is 1. The van der Waals surface area contributed by atoms with Crippen molar-refractivity contribution in [1.29, 1.82) is 0 Å². The van der Waals surface area contributed by atoms with Gasteiger partial charge in [0.05, 0.1) is 11.8 Å². The van der Waals surface area contributed by atoms with Crippen molar-refractivity contribution >= 4 is 17.7 Å². The fraction of sp³-hybridized carbons (Fsp3) is 0.286. The van der Waals surface area contributed by atoms with Crippen LogP contribution in [0.2, 0.25) is 0 Å². The molecule has 3 aromatic rings. The fourth-order valence-corrected chi connectivity index (χ4v) is 3.77. The van der Waals surface area contributed by atoms with E-state index in [1.807, 2.05) is 55.5 Å². The lowest BCUT2D eigenvalue weighted by atomic mass is 9.99. The number of H-pyrrole nitrogens is 1. The van der Waals surface area contributed by atoms with Gasteiger partial charge in [0, 0.05) is 6.54 Å². The minimum absolute atomic E-state index is 0.0896. The molecule has 1 amide bonds. The average molecular weight is 397 g/mol. The minimum Gasteiger partial charge on any atom is -0.348 e. The quantitative estimate of drug-likeness (QED) is 0.545. The standard InChI is InChI=1S/C21H24N4O2S/c1-2-13-25-20(27)23-24-21(25)28-15-19(26)22-18(17-11-7-4-8-12-17)14-16-9-5-3-6-10-16/h3-12,18H,2,13-15H2,1H3,(H,22,26)(H,23,27)/t18-/m0/s1. The van der Waals surface area contributed by atoms with Crippen LogP contribution in [0.1, 0.15) is 30.5 Å². The number of nitrogens with one attached hydrogen (secondary N) is 2. The summed E-state index contributed by atoms with van der Waals surface area (Å²) >= 11 is 1.27. The van der Waals surface area contributed by atoms with E-state index in [0.717, 1.165) is 17.5 Å². The number of amides is 1. The maximum atomic E-state index is 12.6. The highest BCUT2D eigenvalue weighted by atomic mass is 32.2. The van der Waals surface area contributed by atoms with Crippen LogP contribution in [-0.2, 0) is 17.8 Å². The van der Waals surface area contributed by atoms with Gasteiger partial charge in [0.25, 0.3) is 0 Å². The van der Waals surface area contributed by atoms with Crippen LogP contribution in [0.25, 0.3) is 0 Å². The van der Waals surface area contributed by atoms with Gasteiger partial charge in [0.2, 0.25) is 5.91 Å². The van der Waals surface area contributed by atoms with E-state index < -0.39 is 0 Å². The van der Waals surface area contributed by atoms with Crippen LogP contribution in [-0.4, -0.2) is 26.4 Å². The van der Waals surface area contributed by atoms with Gasteiger partial charge in [-0.2, -0.15) is 0 Å². The summed E-state index contributed by atoms with van der Waals surface area (Å²) in [5.41, 5.74) is 1.98. The summed E-state index contributed by atoms with van der Waals surface area (Å²) in [6, 6.07) is 19.9. The highest BCUT2D eigenvalue weighted by Crippen LogP contribution is 2.19. The van der Waals surface area contributed by atoms with E-state index in [1.165, 1.54) is 11.8 Å². The predicted octanol–water partition coefficient (Wildman–Crippen LogP) is 3.17. The lowest BCUT2D eigenvalue weighted by Gasteiger charge is -2.19. The third kappa shape index (κ3) is 5.36. The number of rotatable bonds is 9. The van der Waals surface area contributed by atoms with Gasteiger partial charge >= 0.3 is 5.69 Å². The fourth-order valence-electron chi connectivity index (χ4n) is 2.99. The van der Waals surface area contributed by atoms with Gasteiger partial charge in [-0.15, -0.1) is 5.10 Å². The summed E-state index contributed by atoms with van der Waals surface area (Å²) in [5.74, 6) is 0.111. The maximum Gasteiger partial charge on any atom is 0.343 e. The SMILES string of the molecule is CCCn1c(SCC(=O)N[C@@H](Cc2ccccc2)c2ccccc2)n[nH]c1=O. The highest BCUT2D eigenvalue weighted by Gasteiger charge is 2.17. The molecular formula is C21H24N4O2S. The van der Waals surface area contributed by atoms with Crippen molar-refractivity contribution in [1.82, 2.24) is 20.1 Å². The number of nitrogens with zero attached hydrogens (tertiary/aromatic N) is 2. The van der Waals surface area contributed by atoms with Crippen LogP contribution in [0.5, 0.6) is 0 Å². The molecule has 0 spiro atoms. The first-order chi connectivity index (χ1) is 13.7. The van der Waals surface area contributed by atoms with Gasteiger partial charge in [-0.25, -0.2) is 9.89 Å². The molecule has 0 unspecified atom stereocenters. The summed E-state index contributed by atoms with van der Waals surface area (Å²) in [7, 11) is 0. The molecule has 0 aliphatic carbocycles. The lowest BCUT2D eigenvalue weighted by molar-refractivity contribution is -0.119. The molecule has 0 saturated heterocycles. The molecule has 0 fully saturated rings. The van der Waals surface area contributed by atoms with Crippen molar-refractivity contribution in [2.45, 2.75) is 37.5 Å². The maximum absolute atomic E-state index is 12.6. The summed E-state index contributed by atoms with van der Waals surface area (Å²) in [5, 5.41) is 10.1. The molecule has 0 aliphatic heterocycles. The van der Waals surface area contributed by atoms with E-state index in [-0.39, 0.29) is 23.4 Å². The zero-order valence-corrected chi connectivity index (χ0v) is 16.6. The van der Waals surface area contributed by atoms with E-state index in [9.17, 15) is 9.59 Å². The van der Waals surface area contributed by atoms with Crippen LogP contribution in [0.4, 0.5) is 0 Å². The van der Waals surface area contributed by atoms with Crippen molar-refractivity contribution in [3.63, 3.8) is 0 Å². The Morgan fingerprint density at radius 1 is 1.14 bits per heavy atom. The largest absolute Gasteiger partial charge is 0.348 e. The van der Waals surface area contributed by atoms with Crippen LogP contribution in [0, 0.1) is 0 Å². The zero-order valence-electron chi connectivity index (χ0n) is 15.8. The van der Waals surface area contributed by atoms with E-state index >= 15 is 0 Å². The molecule has 7 heteroatoms. The molecule has 146 valence electrons. The van der Waals surface area contributed by atoms with Crippen molar-refractivity contribution in [3.05, 3.63) is 82.3 Å². The molecule has 0 radical (unpaired) electrons. The summed E-state index contributed by atoms with van der Waals surface area (Å²) in [6.45, 7) is 2.58. The molecule has 0 saturated carbocycles. The number of carbonyl (C=O) groups is 1. The van der Waals surface area contributed by atoms with Gasteiger partial charge in [-0.05, 0) is 24.0 Å². The highest BCUT2D eigenvalue weighted by molar-refractivity contribution is 7.99. The molecular weight excluding hydrogens is 372 g/mol. The zero-order chi connectivity index (χ0) is 19.8. The Labute approximate surface area is 168 Å². The normalized spacial score (nSPS) is 11.9. The van der Waals surface area contributed by atoms with Crippen LogP contribution >= 0.6 is 11.8 Å². The molecule has 1 aromatic heterocycles. The second kappa shape index (κ2) is 9.94. The second-order valence-corrected chi connectivity index (χ2v) is 7.41. The van der Waals surface area contributed by atoms with Crippen LogP contribution in [0.15, 0.2) is 70.6 Å². The Kier molecular flexibility index (Phi) is 7.08. The molecule has 0 bridgehead atoms. The number of benzene rings is 2. The Hall–Kier alpha value is -2.80. The van der Waals surface area contributed by atoms with Crippen LogP contribution < -0.4 is 11.0 Å². The van der Waals surface area contributed by atoms with Gasteiger partial charge in [0.1, 0.15) is 0 Å².